The number of carboxylic acids is 1. The Labute approximate surface area is 295 Å². The quantitative estimate of drug-likeness (QED) is 0.286. The van der Waals surface area contributed by atoms with Gasteiger partial charge in [-0.25, -0.2) is 0 Å². The van der Waals surface area contributed by atoms with Crippen LogP contribution in [0.5, 0.6) is 0 Å². The van der Waals surface area contributed by atoms with Gasteiger partial charge in [-0.1, -0.05) is 86.0 Å². The number of allylic oxidation sites excluding steroid dienone is 1. The molecule has 276 valence electrons. The topological polar surface area (TPSA) is 129 Å². The number of nitrogens with two attached hydrogens (primary N) is 1. The summed E-state index contributed by atoms with van der Waals surface area (Å²) in [6.07, 6.45) is 7.88. The summed E-state index contributed by atoms with van der Waals surface area (Å²) in [5.74, 6) is 0.423. The molecule has 4 fully saturated rings. The molecule has 5 aliphatic rings. The van der Waals surface area contributed by atoms with Crippen molar-refractivity contribution in [3.8, 4) is 0 Å². The molecule has 3 N–H and O–H groups in total. The highest BCUT2D eigenvalue weighted by molar-refractivity contribution is 5.73. The first kappa shape index (κ1) is 36.7. The molecule has 10 heteroatoms. The van der Waals surface area contributed by atoms with E-state index in [1.165, 1.54) is 5.57 Å². The van der Waals surface area contributed by atoms with E-state index < -0.39 is 17.3 Å². The minimum absolute atomic E-state index is 0.000454. The Morgan fingerprint density at radius 2 is 1.82 bits per heavy atom. The molecule has 4 aliphatic carbocycles. The van der Waals surface area contributed by atoms with Gasteiger partial charge in [-0.15, -0.1) is 5.10 Å². The number of fused-ring (bicyclic) bond motifs is 3. The lowest BCUT2D eigenvalue weighted by Gasteiger charge is -2.71. The molecule has 1 aromatic rings. The maximum atomic E-state index is 13.5. The van der Waals surface area contributed by atoms with E-state index in [1.807, 2.05) is 0 Å². The van der Waals surface area contributed by atoms with E-state index in [0.717, 1.165) is 38.5 Å². The summed E-state index contributed by atoms with van der Waals surface area (Å²) >= 11 is 0. The van der Waals surface area contributed by atoms with Crippen LogP contribution in [-0.4, -0.2) is 82.2 Å². The molecule has 1 aliphatic heterocycles. The van der Waals surface area contributed by atoms with Crippen molar-refractivity contribution in [2.45, 2.75) is 126 Å². The van der Waals surface area contributed by atoms with Crippen molar-refractivity contribution in [1.82, 2.24) is 25.1 Å². The Morgan fingerprint density at radius 3 is 2.39 bits per heavy atom. The van der Waals surface area contributed by atoms with Crippen LogP contribution in [-0.2, 0) is 14.3 Å². The number of hydrogen-bond donors (Lipinski definition) is 2. The van der Waals surface area contributed by atoms with E-state index in [0.29, 0.717) is 37.6 Å². The molecule has 6 rings (SSSR count). The lowest BCUT2D eigenvalue weighted by atomic mass is 9.34. The van der Waals surface area contributed by atoms with Crippen LogP contribution in [0.15, 0.2) is 11.6 Å². The second kappa shape index (κ2) is 12.0. The molecule has 0 aromatic carbocycles. The van der Waals surface area contributed by atoms with E-state index in [4.69, 9.17) is 15.2 Å². The molecule has 49 heavy (non-hydrogen) atoms. The highest BCUT2D eigenvalue weighted by atomic mass is 16.5. The van der Waals surface area contributed by atoms with Gasteiger partial charge in [-0.3, -0.25) is 4.79 Å². The van der Waals surface area contributed by atoms with Crippen molar-refractivity contribution in [3.63, 3.8) is 0 Å². The number of carbonyl (C=O) groups is 1. The van der Waals surface area contributed by atoms with Crippen LogP contribution in [0.1, 0.15) is 114 Å². The molecule has 10 nitrogen and oxygen atoms in total. The van der Waals surface area contributed by atoms with Crippen molar-refractivity contribution in [2.24, 2.45) is 62.1 Å². The third-order valence-electron chi connectivity index (χ3n) is 15.8. The fourth-order valence-electron chi connectivity index (χ4n) is 12.8. The van der Waals surface area contributed by atoms with Gasteiger partial charge in [0.15, 0.2) is 0 Å². The van der Waals surface area contributed by atoms with E-state index in [9.17, 15) is 9.90 Å². The van der Waals surface area contributed by atoms with Gasteiger partial charge in [0.25, 0.3) is 5.95 Å². The lowest BCUT2D eigenvalue weighted by Crippen LogP contribution is -2.70. The Kier molecular flexibility index (Phi) is 9.00. The molecule has 0 unspecified atom stereocenters. The number of hydrogen-bond acceptors (Lipinski definition) is 8. The molecule has 2 bridgehead atoms. The van der Waals surface area contributed by atoms with Crippen molar-refractivity contribution >= 4 is 11.9 Å². The number of ether oxygens (including phenoxy) is 2. The second-order valence-electron chi connectivity index (χ2n) is 19.7. The number of carboxylic acid groups (broad SMARTS) is 1. The summed E-state index contributed by atoms with van der Waals surface area (Å²) in [7, 11) is 4.27. The van der Waals surface area contributed by atoms with Crippen molar-refractivity contribution in [1.29, 1.82) is 0 Å². The summed E-state index contributed by atoms with van der Waals surface area (Å²) in [6.45, 7) is 24.9. The predicted octanol–water partition coefficient (Wildman–Crippen LogP) is 6.75. The molecule has 0 radical (unpaired) electrons. The van der Waals surface area contributed by atoms with Crippen LogP contribution >= 0.6 is 0 Å². The number of nitrogens with zero attached hydrogens (tertiary/aromatic N) is 5. The number of aromatic nitrogens is 4. The zero-order chi connectivity index (χ0) is 36.1. The van der Waals surface area contributed by atoms with Gasteiger partial charge in [-0.05, 0) is 109 Å². The van der Waals surface area contributed by atoms with Gasteiger partial charge in [0.05, 0.1) is 31.8 Å². The van der Waals surface area contributed by atoms with E-state index >= 15 is 0 Å². The predicted molar refractivity (Wildman–Crippen MR) is 192 cm³/mol. The third-order valence-corrected chi connectivity index (χ3v) is 15.8. The Bertz CT molecular complexity index is 1450. The number of tetrazole rings is 1. The average molecular weight is 683 g/mol. The SMILES string of the molecule is CC(C)[C@@H](C)[C@@]1(C)CC[C@]2(C)[C@H]3CC[C@@H]4[C@@]5(C)COC[C@@]4(C3=CC[C@@]2(C)[C@@H]1C(=O)O)[C@@H](OC[C@H](N(C)C)C(C)(C)C)[C@H](n1nnc(N)n1)C5. The van der Waals surface area contributed by atoms with E-state index in [-0.39, 0.29) is 57.1 Å². The standard InChI is InChI=1S/C39H66N6O4/c1-23(2)24(3)36(8)17-18-37(9)25-13-14-28-35(7)19-27(45-42-33(40)41-43-45)31(49-20-29(44(11)12)34(4,5)6)39(28,22-48-21-35)26(25)15-16-38(37,10)30(36)32(46)47/h15,23-25,27-31H,13-14,16-22H2,1-12H3,(H2,40,42)(H,46,47)/t24-,25+,27-,28-,29+,30-,31+,35-,36-,37-,38+,39+/m1/s1. The van der Waals surface area contributed by atoms with Crippen LogP contribution in [0.2, 0.25) is 0 Å². The van der Waals surface area contributed by atoms with Crippen molar-refractivity contribution in [2.75, 3.05) is 39.6 Å². The van der Waals surface area contributed by atoms with Gasteiger partial charge < -0.3 is 25.2 Å². The minimum Gasteiger partial charge on any atom is -0.481 e. The third kappa shape index (κ3) is 5.26. The largest absolute Gasteiger partial charge is 0.481 e. The van der Waals surface area contributed by atoms with E-state index in [2.05, 4.69) is 110 Å². The zero-order valence-corrected chi connectivity index (χ0v) is 32.5. The smallest absolute Gasteiger partial charge is 0.307 e. The second-order valence-corrected chi connectivity index (χ2v) is 19.7. The lowest BCUT2D eigenvalue weighted by molar-refractivity contribution is -0.256. The van der Waals surface area contributed by atoms with Gasteiger partial charge in [-0.2, -0.15) is 4.80 Å². The molecule has 2 heterocycles. The summed E-state index contributed by atoms with van der Waals surface area (Å²) in [4.78, 5) is 17.6. The molecule has 0 amide bonds. The molecular weight excluding hydrogens is 616 g/mol. The Balaban J connectivity index is 1.51. The number of rotatable bonds is 8. The Hall–Kier alpha value is -2.04. The summed E-state index contributed by atoms with van der Waals surface area (Å²) in [5, 5.41) is 24.4. The minimum atomic E-state index is -0.633. The van der Waals surface area contributed by atoms with Gasteiger partial charge in [0.1, 0.15) is 6.04 Å². The maximum absolute atomic E-state index is 13.5. The molecule has 1 saturated heterocycles. The van der Waals surface area contributed by atoms with Crippen LogP contribution in [0.3, 0.4) is 0 Å². The number of aliphatic carboxylic acids is 1. The zero-order valence-electron chi connectivity index (χ0n) is 32.5. The molecule has 1 aromatic heterocycles. The molecule has 0 spiro atoms. The average Bonchev–Trinajstić information content (AvgIpc) is 3.43. The fourth-order valence-corrected chi connectivity index (χ4v) is 12.8. The summed E-state index contributed by atoms with van der Waals surface area (Å²) in [5.41, 5.74) is 6.19. The molecule has 12 atom stereocenters. The van der Waals surface area contributed by atoms with Crippen molar-refractivity contribution < 1.29 is 19.4 Å². The van der Waals surface area contributed by atoms with Gasteiger partial charge in [0, 0.05) is 11.5 Å². The van der Waals surface area contributed by atoms with Gasteiger partial charge >= 0.3 is 5.97 Å². The maximum Gasteiger partial charge on any atom is 0.307 e. The first-order valence-corrected chi connectivity index (χ1v) is 19.0. The highest BCUT2D eigenvalue weighted by Gasteiger charge is 2.72. The first-order valence-electron chi connectivity index (χ1n) is 19.0. The fraction of sp³-hybridized carbons (Fsp3) is 0.897. The van der Waals surface area contributed by atoms with Crippen LogP contribution in [0.25, 0.3) is 0 Å². The molecule has 3 saturated carbocycles. The van der Waals surface area contributed by atoms with Crippen LogP contribution < -0.4 is 5.73 Å². The summed E-state index contributed by atoms with van der Waals surface area (Å²) < 4.78 is 14.1. The number of likely N-dealkylation sites (N-methyl/N-ethyl adjacent to an activating group) is 1. The first-order chi connectivity index (χ1) is 22.7. The van der Waals surface area contributed by atoms with Gasteiger partial charge in [0.2, 0.25) is 0 Å². The normalized spacial score (nSPS) is 43.3. The number of nitrogen functional groups attached to an aromatic ring is 1. The van der Waals surface area contributed by atoms with Crippen LogP contribution in [0.4, 0.5) is 5.95 Å². The van der Waals surface area contributed by atoms with Crippen LogP contribution in [0, 0.1) is 62.1 Å². The summed E-state index contributed by atoms with van der Waals surface area (Å²) in [6, 6.07) is 0.0252. The van der Waals surface area contributed by atoms with E-state index in [1.54, 1.807) is 4.80 Å². The molecular formula is C39H66N6O4. The highest BCUT2D eigenvalue weighted by Crippen LogP contribution is 2.75. The number of anilines is 1. The monoisotopic (exact) mass is 683 g/mol. The van der Waals surface area contributed by atoms with Crippen molar-refractivity contribution in [3.05, 3.63) is 11.6 Å². The Morgan fingerprint density at radius 1 is 1.12 bits per heavy atom.